The number of para-hydroxylation sites is 1. The number of likely N-dealkylation sites (tertiary alicyclic amines) is 1. The Balaban J connectivity index is 1.51. The second kappa shape index (κ2) is 5.98. The molecule has 0 radical (unpaired) electrons. The van der Waals surface area contributed by atoms with Crippen LogP contribution in [-0.4, -0.2) is 36.9 Å². The van der Waals surface area contributed by atoms with Gasteiger partial charge in [-0.2, -0.15) is 0 Å². The van der Waals surface area contributed by atoms with Crippen molar-refractivity contribution < 1.29 is 4.79 Å². The Morgan fingerprint density at radius 3 is 3.00 bits per heavy atom. The molecule has 1 aliphatic heterocycles. The van der Waals surface area contributed by atoms with Crippen LogP contribution in [0.15, 0.2) is 55.0 Å². The molecule has 1 aromatic carbocycles. The van der Waals surface area contributed by atoms with Crippen molar-refractivity contribution in [3.05, 3.63) is 66.2 Å². The molecule has 0 saturated carbocycles. The highest BCUT2D eigenvalue weighted by molar-refractivity contribution is 5.94. The molecular formula is C20H19N5O. The van der Waals surface area contributed by atoms with Crippen molar-refractivity contribution >= 4 is 22.5 Å². The summed E-state index contributed by atoms with van der Waals surface area (Å²) in [6.07, 6.45) is 6.59. The van der Waals surface area contributed by atoms with Crippen LogP contribution in [0.3, 0.4) is 0 Å². The van der Waals surface area contributed by atoms with E-state index in [4.69, 9.17) is 0 Å². The Kier molecular flexibility index (Phi) is 3.48. The predicted octanol–water partition coefficient (Wildman–Crippen LogP) is 3.58. The molecule has 0 bridgehead atoms. The number of hydrogen-bond donors (Lipinski definition) is 1. The Labute approximate surface area is 150 Å². The van der Waals surface area contributed by atoms with Gasteiger partial charge in [-0.3, -0.25) is 9.20 Å². The summed E-state index contributed by atoms with van der Waals surface area (Å²) in [5, 5.41) is 9.07. The Morgan fingerprint density at radius 1 is 1.15 bits per heavy atom. The Morgan fingerprint density at radius 2 is 2.08 bits per heavy atom. The van der Waals surface area contributed by atoms with Crippen molar-refractivity contribution in [3.63, 3.8) is 0 Å². The molecule has 0 unspecified atom stereocenters. The summed E-state index contributed by atoms with van der Waals surface area (Å²) in [6, 6.07) is 14.2. The van der Waals surface area contributed by atoms with Crippen LogP contribution in [-0.2, 0) is 0 Å². The van der Waals surface area contributed by atoms with Crippen molar-refractivity contribution in [1.29, 1.82) is 0 Å². The fraction of sp³-hybridized carbons (Fsp3) is 0.250. The summed E-state index contributed by atoms with van der Waals surface area (Å²) >= 11 is 0. The monoisotopic (exact) mass is 345 g/mol. The number of H-pyrrole nitrogens is 1. The summed E-state index contributed by atoms with van der Waals surface area (Å²) in [7, 11) is 0. The zero-order valence-electron chi connectivity index (χ0n) is 14.3. The number of nitrogens with one attached hydrogen (secondary N) is 1. The van der Waals surface area contributed by atoms with Gasteiger partial charge in [-0.25, -0.2) is 0 Å². The highest BCUT2D eigenvalue weighted by Gasteiger charge is 2.30. The van der Waals surface area contributed by atoms with E-state index in [1.807, 2.05) is 35.4 Å². The third-order valence-electron chi connectivity index (χ3n) is 5.21. The van der Waals surface area contributed by atoms with E-state index in [1.54, 1.807) is 10.7 Å². The number of pyridine rings is 1. The van der Waals surface area contributed by atoms with E-state index in [2.05, 4.69) is 33.4 Å². The minimum atomic E-state index is 0.0592. The van der Waals surface area contributed by atoms with E-state index in [0.29, 0.717) is 5.56 Å². The molecule has 1 aliphatic rings. The lowest BCUT2D eigenvalue weighted by atomic mass is 9.98. The number of benzene rings is 1. The smallest absolute Gasteiger partial charge is 0.255 e. The number of carbonyl (C=O) groups is 1. The van der Waals surface area contributed by atoms with Crippen LogP contribution in [0, 0.1) is 0 Å². The Hall–Kier alpha value is -3.15. The van der Waals surface area contributed by atoms with Gasteiger partial charge in [0.05, 0.1) is 11.6 Å². The van der Waals surface area contributed by atoms with Crippen molar-refractivity contribution in [2.24, 2.45) is 0 Å². The fourth-order valence-electron chi connectivity index (χ4n) is 3.89. The van der Waals surface area contributed by atoms with Gasteiger partial charge in [0.25, 0.3) is 5.91 Å². The van der Waals surface area contributed by atoms with Crippen LogP contribution in [0.4, 0.5) is 0 Å². The third-order valence-corrected chi connectivity index (χ3v) is 5.21. The lowest BCUT2D eigenvalue weighted by Gasteiger charge is -2.35. The van der Waals surface area contributed by atoms with Crippen molar-refractivity contribution in [1.82, 2.24) is 24.5 Å². The summed E-state index contributed by atoms with van der Waals surface area (Å²) < 4.78 is 1.79. The van der Waals surface area contributed by atoms with Gasteiger partial charge in [0.15, 0.2) is 5.65 Å². The number of nitrogens with zero attached hydrogens (tertiary/aromatic N) is 4. The first-order chi connectivity index (χ1) is 12.8. The highest BCUT2D eigenvalue weighted by Crippen LogP contribution is 2.33. The zero-order valence-corrected chi connectivity index (χ0v) is 14.3. The maximum absolute atomic E-state index is 13.2. The maximum Gasteiger partial charge on any atom is 0.255 e. The number of rotatable bonds is 2. The van der Waals surface area contributed by atoms with E-state index in [-0.39, 0.29) is 11.9 Å². The van der Waals surface area contributed by atoms with Gasteiger partial charge in [0, 0.05) is 24.0 Å². The van der Waals surface area contributed by atoms with Gasteiger partial charge in [-0.05, 0) is 48.9 Å². The van der Waals surface area contributed by atoms with Crippen molar-refractivity contribution in [2.45, 2.75) is 25.3 Å². The standard InChI is InChI=1S/C20H19N5O/c26-20(15-8-9-19-23-21-13-24(19)12-15)25-10-4-3-7-18(25)17-11-14-5-1-2-6-16(14)22-17/h1-2,5-6,8-9,11-13,18,22H,3-4,7,10H2/t18-/m1/s1. The van der Waals surface area contributed by atoms with Crippen molar-refractivity contribution in [2.75, 3.05) is 6.54 Å². The lowest BCUT2D eigenvalue weighted by molar-refractivity contribution is 0.0606. The van der Waals surface area contributed by atoms with Crippen LogP contribution in [0.25, 0.3) is 16.6 Å². The SMILES string of the molecule is O=C(c1ccc2nncn2c1)N1CCCC[C@@H]1c1cc2ccccc2[nH]1. The molecule has 130 valence electrons. The average molecular weight is 345 g/mol. The predicted molar refractivity (Wildman–Crippen MR) is 98.9 cm³/mol. The molecule has 3 aromatic heterocycles. The molecule has 1 saturated heterocycles. The van der Waals surface area contributed by atoms with Crippen LogP contribution in [0.5, 0.6) is 0 Å². The summed E-state index contributed by atoms with van der Waals surface area (Å²) in [4.78, 5) is 18.7. The molecule has 5 rings (SSSR count). The minimum absolute atomic E-state index is 0.0592. The molecule has 4 heterocycles. The molecule has 6 nitrogen and oxygen atoms in total. The third kappa shape index (κ3) is 2.45. The van der Waals surface area contributed by atoms with Gasteiger partial charge in [-0.1, -0.05) is 18.2 Å². The van der Waals surface area contributed by atoms with E-state index in [0.717, 1.165) is 42.7 Å². The first kappa shape index (κ1) is 15.1. The number of piperidine rings is 1. The van der Waals surface area contributed by atoms with E-state index in [9.17, 15) is 4.79 Å². The lowest BCUT2D eigenvalue weighted by Crippen LogP contribution is -2.38. The van der Waals surface area contributed by atoms with Crippen LogP contribution >= 0.6 is 0 Å². The summed E-state index contributed by atoms with van der Waals surface area (Å²) in [5.41, 5.74) is 3.64. The largest absolute Gasteiger partial charge is 0.357 e. The number of aromatic nitrogens is 4. The van der Waals surface area contributed by atoms with Crippen LogP contribution < -0.4 is 0 Å². The molecular weight excluding hydrogens is 326 g/mol. The number of aromatic amines is 1. The number of amides is 1. The first-order valence-corrected chi connectivity index (χ1v) is 8.97. The van der Waals surface area contributed by atoms with Gasteiger partial charge in [-0.15, -0.1) is 10.2 Å². The van der Waals surface area contributed by atoms with Crippen LogP contribution in [0.1, 0.15) is 41.4 Å². The molecule has 1 fully saturated rings. The number of hydrogen-bond acceptors (Lipinski definition) is 3. The molecule has 4 aromatic rings. The van der Waals surface area contributed by atoms with Gasteiger partial charge in [0.2, 0.25) is 0 Å². The Bertz CT molecular complexity index is 1060. The zero-order chi connectivity index (χ0) is 17.5. The van der Waals surface area contributed by atoms with E-state index >= 15 is 0 Å². The maximum atomic E-state index is 13.2. The fourth-order valence-corrected chi connectivity index (χ4v) is 3.89. The molecule has 1 atom stereocenters. The van der Waals surface area contributed by atoms with Gasteiger partial charge in [0.1, 0.15) is 6.33 Å². The van der Waals surface area contributed by atoms with Crippen LogP contribution in [0.2, 0.25) is 0 Å². The second-order valence-electron chi connectivity index (χ2n) is 6.84. The van der Waals surface area contributed by atoms with Gasteiger partial charge >= 0.3 is 0 Å². The van der Waals surface area contributed by atoms with E-state index in [1.165, 1.54) is 5.39 Å². The molecule has 0 aliphatic carbocycles. The summed E-state index contributed by atoms with van der Waals surface area (Å²) in [6.45, 7) is 0.777. The highest BCUT2D eigenvalue weighted by atomic mass is 16.2. The second-order valence-corrected chi connectivity index (χ2v) is 6.84. The van der Waals surface area contributed by atoms with Crippen molar-refractivity contribution in [3.8, 4) is 0 Å². The topological polar surface area (TPSA) is 66.3 Å². The molecule has 1 N–H and O–H groups in total. The van der Waals surface area contributed by atoms with E-state index < -0.39 is 0 Å². The molecule has 6 heteroatoms. The minimum Gasteiger partial charge on any atom is -0.357 e. The molecule has 0 spiro atoms. The molecule has 1 amide bonds. The number of fused-ring (bicyclic) bond motifs is 2. The first-order valence-electron chi connectivity index (χ1n) is 8.97. The average Bonchev–Trinajstić information content (AvgIpc) is 3.33. The van der Waals surface area contributed by atoms with Gasteiger partial charge < -0.3 is 9.88 Å². The quantitative estimate of drug-likeness (QED) is 0.604. The summed E-state index contributed by atoms with van der Waals surface area (Å²) in [5.74, 6) is 0.0592. The normalized spacial score (nSPS) is 17.8. The number of carbonyl (C=O) groups excluding carboxylic acids is 1. The molecule has 26 heavy (non-hydrogen) atoms.